The molecule has 3 amide bonds. The van der Waals surface area contributed by atoms with Gasteiger partial charge in [-0.05, 0) is 132 Å². The second-order valence-corrected chi connectivity index (χ2v) is 17.3. The number of halogens is 1. The van der Waals surface area contributed by atoms with E-state index in [2.05, 4.69) is 35.7 Å². The van der Waals surface area contributed by atoms with Gasteiger partial charge in [0.1, 0.15) is 11.7 Å². The van der Waals surface area contributed by atoms with Crippen molar-refractivity contribution >= 4 is 34.8 Å². The molecule has 6 heterocycles. The van der Waals surface area contributed by atoms with Crippen molar-refractivity contribution in [3.05, 3.63) is 105 Å². The van der Waals surface area contributed by atoms with Gasteiger partial charge in [-0.25, -0.2) is 19.2 Å². The van der Waals surface area contributed by atoms with Crippen molar-refractivity contribution in [2.75, 3.05) is 44.6 Å². The number of benzene rings is 2. The van der Waals surface area contributed by atoms with Crippen LogP contribution in [0.2, 0.25) is 0 Å². The first-order valence-corrected chi connectivity index (χ1v) is 21.9. The number of rotatable bonds is 11. The Balaban J connectivity index is 0.686. The van der Waals surface area contributed by atoms with E-state index >= 15 is 0 Å². The molecule has 1 aliphatic carbocycles. The van der Waals surface area contributed by atoms with Crippen LogP contribution in [0, 0.1) is 11.7 Å². The number of nitrogens with zero attached hydrogens (tertiary/aromatic N) is 6. The number of carbonyl (C=O) groups excluding carboxylic acids is 3. The molecule has 0 bridgehead atoms. The van der Waals surface area contributed by atoms with Crippen LogP contribution in [0.1, 0.15) is 81.7 Å². The number of fused-ring (bicyclic) bond motifs is 1. The minimum Gasteiger partial charge on any atom is -0.408 e. The van der Waals surface area contributed by atoms with E-state index in [1.54, 1.807) is 42.6 Å². The number of likely N-dealkylation sites (tertiary alicyclic amines) is 2. The second kappa shape index (κ2) is 18.2. The van der Waals surface area contributed by atoms with Gasteiger partial charge in [-0.1, -0.05) is 24.3 Å². The van der Waals surface area contributed by atoms with E-state index in [4.69, 9.17) is 4.42 Å². The predicted octanol–water partition coefficient (Wildman–Crippen LogP) is 4.75. The maximum Gasteiger partial charge on any atom is 0.420 e. The number of anilines is 1. The highest BCUT2D eigenvalue weighted by Crippen LogP contribution is 2.33. The van der Waals surface area contributed by atoms with Crippen molar-refractivity contribution in [3.63, 3.8) is 0 Å². The first-order valence-electron chi connectivity index (χ1n) is 21.9. The fourth-order valence-corrected chi connectivity index (χ4v) is 9.80. The zero-order valence-electron chi connectivity index (χ0n) is 34.6. The van der Waals surface area contributed by atoms with Gasteiger partial charge in [0.2, 0.25) is 23.7 Å². The minimum absolute atomic E-state index is 0.0680. The molecule has 4 aliphatic rings. The Morgan fingerprint density at radius 3 is 2.39 bits per heavy atom. The topological polar surface area (TPSA) is 177 Å². The Hall–Kier alpha value is -6.00. The van der Waals surface area contributed by atoms with Gasteiger partial charge in [0, 0.05) is 48.6 Å². The lowest BCUT2D eigenvalue weighted by Crippen LogP contribution is -2.47. The monoisotopic (exact) mass is 845 g/mol. The smallest absolute Gasteiger partial charge is 0.408 e. The van der Waals surface area contributed by atoms with Gasteiger partial charge in [-0.2, -0.15) is 0 Å². The molecule has 1 unspecified atom stereocenters. The van der Waals surface area contributed by atoms with E-state index in [-0.39, 0.29) is 48.0 Å². The summed E-state index contributed by atoms with van der Waals surface area (Å²) >= 11 is 0. The van der Waals surface area contributed by atoms with E-state index < -0.39 is 23.5 Å². The first-order chi connectivity index (χ1) is 30.1. The zero-order chi connectivity index (χ0) is 42.7. The molecule has 16 heteroatoms. The van der Waals surface area contributed by atoms with E-state index in [1.807, 2.05) is 18.2 Å². The van der Waals surface area contributed by atoms with Crippen molar-refractivity contribution in [2.45, 2.75) is 88.3 Å². The highest BCUT2D eigenvalue weighted by Gasteiger charge is 2.32. The summed E-state index contributed by atoms with van der Waals surface area (Å²) in [6, 6.07) is 17.3. The van der Waals surface area contributed by atoms with Gasteiger partial charge in [0.15, 0.2) is 11.4 Å². The Labute approximate surface area is 357 Å². The molecule has 15 nitrogen and oxygen atoms in total. The third-order valence-corrected chi connectivity index (χ3v) is 13.2. The van der Waals surface area contributed by atoms with Crippen molar-refractivity contribution in [1.82, 2.24) is 39.5 Å². The normalized spacial score (nSPS) is 22.1. The second-order valence-electron chi connectivity index (χ2n) is 17.3. The molecule has 4 fully saturated rings. The van der Waals surface area contributed by atoms with Gasteiger partial charge in [0.05, 0.1) is 18.3 Å². The molecule has 0 radical (unpaired) electrons. The third-order valence-electron chi connectivity index (χ3n) is 13.2. The maximum absolute atomic E-state index is 15.0. The standard InChI is InChI=1S/C46H52FN9O6/c47-36-26-48-45(52-43(36)32-4-3-5-35(24-32)55-19-2-1-6-42(55)59)50-34-10-8-33(9-11-34)49-41(58)28-54-20-15-29(16-21-54)27-53-22-17-30(18-23-53)31-7-12-37-39(25-31)62-46(61)56(37)38-13-14-40(57)51-44(38)60/h1-7,12,19,24-26,29-30,33-34,38H,8-11,13-18,20-23,27-28H2,(H,49,58)(H,48,50,52)(H,51,57,60). The minimum atomic E-state index is -0.753. The third kappa shape index (κ3) is 9.26. The molecule has 3 N–H and O–H groups in total. The molecule has 9 rings (SSSR count). The zero-order valence-corrected chi connectivity index (χ0v) is 34.6. The number of aromatic nitrogens is 4. The molecular weight excluding hydrogens is 794 g/mol. The van der Waals surface area contributed by atoms with Crippen molar-refractivity contribution in [3.8, 4) is 16.9 Å². The number of amides is 3. The van der Waals surface area contributed by atoms with Crippen LogP contribution in [0.5, 0.6) is 0 Å². The SMILES string of the molecule is O=C1CCC(n2c(=O)oc3cc(C4CCN(CC5CCN(CC(=O)NC6CCC(Nc7ncc(F)c(-c8cccc(-n9ccccc9=O)c8)n7)CC6)CC5)CC4)ccc32)C(=O)N1. The summed E-state index contributed by atoms with van der Waals surface area (Å²) in [5.41, 5.74) is 3.32. The lowest BCUT2D eigenvalue weighted by Gasteiger charge is -2.38. The Morgan fingerprint density at radius 1 is 0.839 bits per heavy atom. The Bertz CT molecular complexity index is 2570. The van der Waals surface area contributed by atoms with Crippen molar-refractivity contribution in [2.24, 2.45) is 5.92 Å². The van der Waals surface area contributed by atoms with Crippen molar-refractivity contribution < 1.29 is 23.2 Å². The first kappa shape index (κ1) is 41.4. The average molecular weight is 846 g/mol. The highest BCUT2D eigenvalue weighted by atomic mass is 19.1. The quantitative estimate of drug-likeness (QED) is 0.157. The lowest BCUT2D eigenvalue weighted by atomic mass is 9.88. The van der Waals surface area contributed by atoms with Crippen LogP contribution in [-0.2, 0) is 14.4 Å². The number of oxazole rings is 1. The average Bonchev–Trinajstić information content (AvgIpc) is 3.60. The van der Waals surface area contributed by atoms with Crippen molar-refractivity contribution in [1.29, 1.82) is 0 Å². The largest absolute Gasteiger partial charge is 0.420 e. The van der Waals surface area contributed by atoms with Gasteiger partial charge in [-0.3, -0.25) is 38.5 Å². The molecular formula is C46H52FN9O6. The van der Waals surface area contributed by atoms with E-state index in [0.717, 1.165) is 89.7 Å². The fraction of sp³-hybridized carbons (Fsp3) is 0.457. The van der Waals surface area contributed by atoms with Gasteiger partial charge >= 0.3 is 5.76 Å². The number of nitrogens with one attached hydrogen (secondary N) is 3. The van der Waals surface area contributed by atoms with Crippen LogP contribution in [0.25, 0.3) is 28.0 Å². The molecule has 3 aliphatic heterocycles. The van der Waals surface area contributed by atoms with E-state index in [0.29, 0.717) is 46.7 Å². The summed E-state index contributed by atoms with van der Waals surface area (Å²) in [6.07, 6.45) is 10.8. The lowest BCUT2D eigenvalue weighted by molar-refractivity contribution is -0.135. The molecule has 62 heavy (non-hydrogen) atoms. The molecule has 5 aromatic rings. The van der Waals surface area contributed by atoms with Gasteiger partial charge in [-0.15, -0.1) is 0 Å². The van der Waals surface area contributed by atoms with Crippen LogP contribution >= 0.6 is 0 Å². The Morgan fingerprint density at radius 2 is 1.61 bits per heavy atom. The number of hydrogen-bond acceptors (Lipinski definition) is 11. The van der Waals surface area contributed by atoms with Gasteiger partial charge < -0.3 is 20.0 Å². The summed E-state index contributed by atoms with van der Waals surface area (Å²) < 4.78 is 23.4. The number of pyridine rings is 1. The molecule has 2 aromatic carbocycles. The fourth-order valence-electron chi connectivity index (χ4n) is 9.80. The number of piperidine rings is 3. The van der Waals surface area contributed by atoms with E-state index in [9.17, 15) is 28.4 Å². The number of imide groups is 1. The molecule has 3 aromatic heterocycles. The van der Waals surface area contributed by atoms with Gasteiger partial charge in [0.25, 0.3) is 5.56 Å². The number of hydrogen-bond donors (Lipinski definition) is 3. The Kier molecular flexibility index (Phi) is 12.1. The summed E-state index contributed by atoms with van der Waals surface area (Å²) in [7, 11) is 0. The summed E-state index contributed by atoms with van der Waals surface area (Å²) in [5.74, 6) is -0.561. The highest BCUT2D eigenvalue weighted by molar-refractivity contribution is 6.00. The van der Waals surface area contributed by atoms with Crippen LogP contribution in [0.15, 0.2) is 87.1 Å². The summed E-state index contributed by atoms with van der Waals surface area (Å²) in [4.78, 5) is 75.9. The summed E-state index contributed by atoms with van der Waals surface area (Å²) in [6.45, 7) is 5.27. The molecule has 0 spiro atoms. The molecule has 1 saturated carbocycles. The van der Waals surface area contributed by atoms with Crippen LogP contribution in [-0.4, -0.2) is 98.0 Å². The van der Waals surface area contributed by atoms with Crippen LogP contribution in [0.4, 0.5) is 10.3 Å². The number of carbonyl (C=O) groups is 3. The summed E-state index contributed by atoms with van der Waals surface area (Å²) in [5, 5.41) is 8.97. The maximum atomic E-state index is 15.0. The molecule has 1 atom stereocenters. The molecule has 3 saturated heterocycles. The van der Waals surface area contributed by atoms with Crippen LogP contribution < -0.4 is 27.3 Å². The van der Waals surface area contributed by atoms with Crippen LogP contribution in [0.3, 0.4) is 0 Å². The predicted molar refractivity (Wildman–Crippen MR) is 230 cm³/mol. The molecule has 324 valence electrons. The van der Waals surface area contributed by atoms with E-state index in [1.165, 1.54) is 21.4 Å².